The smallest absolute Gasteiger partial charge is 0.326 e. The SMILES string of the molecule is CC[C@@H](C(=O)O)N1C(=O)/C(=C/c2ccc(N(C)C)cc2)SC1=S. The van der Waals surface area contributed by atoms with Crippen LogP contribution in [-0.2, 0) is 9.59 Å². The van der Waals surface area contributed by atoms with Gasteiger partial charge in [-0.2, -0.15) is 0 Å². The molecular weight excluding hydrogens is 332 g/mol. The fourth-order valence-corrected chi connectivity index (χ4v) is 3.59. The molecule has 1 fully saturated rings. The standard InChI is InChI=1S/C16H18N2O3S2/c1-4-12(15(20)21)18-14(19)13(23-16(18)22)9-10-5-7-11(8-6-10)17(2)3/h5-9,12H,4H2,1-3H3,(H,20,21)/b13-9-/t12-/m0/s1. The Labute approximate surface area is 145 Å². The molecular formula is C16H18N2O3S2. The minimum absolute atomic E-state index is 0.292. The van der Waals surface area contributed by atoms with Gasteiger partial charge in [-0.1, -0.05) is 43.0 Å². The van der Waals surface area contributed by atoms with Crippen LogP contribution < -0.4 is 4.90 Å². The van der Waals surface area contributed by atoms with Crippen molar-refractivity contribution in [2.75, 3.05) is 19.0 Å². The Kier molecular flexibility index (Phi) is 5.43. The van der Waals surface area contributed by atoms with Crippen LogP contribution >= 0.6 is 24.0 Å². The van der Waals surface area contributed by atoms with Crippen LogP contribution in [0, 0.1) is 0 Å². The number of carboxylic acids is 1. The number of anilines is 1. The van der Waals surface area contributed by atoms with Crippen LogP contribution in [0.1, 0.15) is 18.9 Å². The first-order valence-electron chi connectivity index (χ1n) is 7.12. The van der Waals surface area contributed by atoms with Crippen LogP contribution in [0.2, 0.25) is 0 Å². The fraction of sp³-hybridized carbons (Fsp3) is 0.312. The van der Waals surface area contributed by atoms with Crippen LogP contribution in [0.4, 0.5) is 5.69 Å². The Morgan fingerprint density at radius 1 is 1.39 bits per heavy atom. The molecule has 0 bridgehead atoms. The number of carbonyl (C=O) groups excluding carboxylic acids is 1. The molecule has 23 heavy (non-hydrogen) atoms. The maximum atomic E-state index is 12.5. The predicted octanol–water partition coefficient (Wildman–Crippen LogP) is 2.82. The molecule has 0 aliphatic carbocycles. The molecule has 2 rings (SSSR count). The molecule has 5 nitrogen and oxygen atoms in total. The van der Waals surface area contributed by atoms with Crippen molar-refractivity contribution in [3.05, 3.63) is 34.7 Å². The van der Waals surface area contributed by atoms with E-state index in [1.54, 1.807) is 13.0 Å². The molecule has 1 saturated heterocycles. The van der Waals surface area contributed by atoms with Gasteiger partial charge >= 0.3 is 5.97 Å². The average Bonchev–Trinajstić information content (AvgIpc) is 2.76. The fourth-order valence-electron chi connectivity index (χ4n) is 2.24. The van der Waals surface area contributed by atoms with Crippen LogP contribution in [0.15, 0.2) is 29.2 Å². The van der Waals surface area contributed by atoms with Gasteiger partial charge in [-0.15, -0.1) is 0 Å². The van der Waals surface area contributed by atoms with E-state index in [0.29, 0.717) is 15.6 Å². The Morgan fingerprint density at radius 2 is 2.00 bits per heavy atom. The molecule has 0 saturated carbocycles. The number of carbonyl (C=O) groups is 2. The summed E-state index contributed by atoms with van der Waals surface area (Å²) in [5.41, 5.74) is 1.94. The second kappa shape index (κ2) is 7.14. The van der Waals surface area contributed by atoms with Crippen LogP contribution in [0.25, 0.3) is 6.08 Å². The zero-order chi connectivity index (χ0) is 17.1. The van der Waals surface area contributed by atoms with E-state index in [0.717, 1.165) is 23.0 Å². The second-order valence-corrected chi connectivity index (χ2v) is 6.98. The van der Waals surface area contributed by atoms with Gasteiger partial charge < -0.3 is 10.0 Å². The van der Waals surface area contributed by atoms with Crippen molar-refractivity contribution in [3.8, 4) is 0 Å². The van der Waals surface area contributed by atoms with E-state index >= 15 is 0 Å². The molecule has 1 N–H and O–H groups in total. The minimum atomic E-state index is -1.04. The number of thioether (sulfide) groups is 1. The van der Waals surface area contributed by atoms with Gasteiger partial charge in [-0.25, -0.2) is 4.79 Å². The Bertz CT molecular complexity index is 668. The highest BCUT2D eigenvalue weighted by Gasteiger charge is 2.39. The summed E-state index contributed by atoms with van der Waals surface area (Å²) in [4.78, 5) is 27.4. The second-order valence-electron chi connectivity index (χ2n) is 5.30. The lowest BCUT2D eigenvalue weighted by Gasteiger charge is -2.21. The highest BCUT2D eigenvalue weighted by atomic mass is 32.2. The monoisotopic (exact) mass is 350 g/mol. The first-order chi connectivity index (χ1) is 10.8. The van der Waals surface area contributed by atoms with Gasteiger partial charge in [0.25, 0.3) is 5.91 Å². The number of hydrogen-bond donors (Lipinski definition) is 1. The first kappa shape index (κ1) is 17.5. The summed E-state index contributed by atoms with van der Waals surface area (Å²) in [6.07, 6.45) is 2.06. The largest absolute Gasteiger partial charge is 0.480 e. The molecule has 1 aromatic rings. The molecule has 1 aromatic carbocycles. The van der Waals surface area contributed by atoms with Gasteiger partial charge in [-0.3, -0.25) is 9.69 Å². The van der Waals surface area contributed by atoms with Crippen LogP contribution in [0.3, 0.4) is 0 Å². The van der Waals surface area contributed by atoms with E-state index < -0.39 is 12.0 Å². The van der Waals surface area contributed by atoms with E-state index in [1.807, 2.05) is 43.3 Å². The van der Waals surface area contributed by atoms with Gasteiger partial charge in [0, 0.05) is 19.8 Å². The third kappa shape index (κ3) is 3.73. The number of benzene rings is 1. The zero-order valence-corrected chi connectivity index (χ0v) is 14.8. The molecule has 0 radical (unpaired) electrons. The van der Waals surface area contributed by atoms with Crippen LogP contribution in [0.5, 0.6) is 0 Å². The summed E-state index contributed by atoms with van der Waals surface area (Å²) < 4.78 is 0.292. The molecule has 1 amide bonds. The summed E-state index contributed by atoms with van der Waals surface area (Å²) in [5, 5.41) is 9.24. The third-order valence-corrected chi connectivity index (χ3v) is 4.84. The van der Waals surface area contributed by atoms with Gasteiger partial charge in [0.1, 0.15) is 10.4 Å². The summed E-state index contributed by atoms with van der Waals surface area (Å²) >= 11 is 6.33. The summed E-state index contributed by atoms with van der Waals surface area (Å²) in [5.74, 6) is -1.38. The quantitative estimate of drug-likeness (QED) is 0.651. The lowest BCUT2D eigenvalue weighted by atomic mass is 10.1. The highest BCUT2D eigenvalue weighted by molar-refractivity contribution is 8.26. The summed E-state index contributed by atoms with van der Waals surface area (Å²) in [7, 11) is 3.91. The molecule has 1 aliphatic rings. The predicted molar refractivity (Wildman–Crippen MR) is 97.5 cm³/mol. The topological polar surface area (TPSA) is 60.9 Å². The van der Waals surface area contributed by atoms with E-state index in [-0.39, 0.29) is 5.91 Å². The van der Waals surface area contributed by atoms with Gasteiger partial charge in [0.15, 0.2) is 0 Å². The number of rotatable bonds is 5. The Balaban J connectivity index is 2.26. The Hall–Kier alpha value is -1.86. The number of carboxylic acid groups (broad SMARTS) is 1. The zero-order valence-electron chi connectivity index (χ0n) is 13.1. The Morgan fingerprint density at radius 3 is 2.48 bits per heavy atom. The highest BCUT2D eigenvalue weighted by Crippen LogP contribution is 2.34. The van der Waals surface area contributed by atoms with Crippen molar-refractivity contribution in [3.63, 3.8) is 0 Å². The molecule has 0 aromatic heterocycles. The maximum Gasteiger partial charge on any atom is 0.326 e. The number of aliphatic carboxylic acids is 1. The average molecular weight is 350 g/mol. The maximum absolute atomic E-state index is 12.5. The van der Waals surface area contributed by atoms with Gasteiger partial charge in [0.2, 0.25) is 0 Å². The van der Waals surface area contributed by atoms with Crippen molar-refractivity contribution in [2.24, 2.45) is 0 Å². The molecule has 0 unspecified atom stereocenters. The number of hydrogen-bond acceptors (Lipinski definition) is 5. The van der Waals surface area contributed by atoms with E-state index in [1.165, 1.54) is 4.90 Å². The molecule has 1 atom stereocenters. The van der Waals surface area contributed by atoms with Crippen molar-refractivity contribution in [1.29, 1.82) is 0 Å². The minimum Gasteiger partial charge on any atom is -0.480 e. The third-order valence-electron chi connectivity index (χ3n) is 3.51. The number of nitrogens with zero attached hydrogens (tertiary/aromatic N) is 2. The molecule has 122 valence electrons. The van der Waals surface area contributed by atoms with E-state index in [9.17, 15) is 14.7 Å². The lowest BCUT2D eigenvalue weighted by molar-refractivity contribution is -0.145. The van der Waals surface area contributed by atoms with Crippen LogP contribution in [-0.4, -0.2) is 46.3 Å². The molecule has 1 aliphatic heterocycles. The van der Waals surface area contributed by atoms with Gasteiger partial charge in [-0.05, 0) is 30.2 Å². The van der Waals surface area contributed by atoms with E-state index in [2.05, 4.69) is 0 Å². The molecule has 7 heteroatoms. The normalized spacial score (nSPS) is 17.7. The summed E-state index contributed by atoms with van der Waals surface area (Å²) in [6.45, 7) is 1.72. The van der Waals surface area contributed by atoms with Crippen molar-refractivity contribution >= 4 is 51.9 Å². The first-order valence-corrected chi connectivity index (χ1v) is 8.35. The summed E-state index contributed by atoms with van der Waals surface area (Å²) in [6, 6.07) is 6.83. The number of amides is 1. The number of thiocarbonyl (C=S) groups is 1. The van der Waals surface area contributed by atoms with Crippen molar-refractivity contribution in [2.45, 2.75) is 19.4 Å². The van der Waals surface area contributed by atoms with Crippen molar-refractivity contribution in [1.82, 2.24) is 4.90 Å². The molecule has 1 heterocycles. The van der Waals surface area contributed by atoms with Gasteiger partial charge in [0.05, 0.1) is 4.91 Å². The van der Waals surface area contributed by atoms with E-state index in [4.69, 9.17) is 12.2 Å². The molecule has 0 spiro atoms. The lowest BCUT2D eigenvalue weighted by Crippen LogP contribution is -2.43. The van der Waals surface area contributed by atoms with Crippen molar-refractivity contribution < 1.29 is 14.7 Å².